The molecule has 2 aliphatic rings. The molecule has 0 aromatic heterocycles. The van der Waals surface area contributed by atoms with Crippen molar-refractivity contribution in [1.29, 1.82) is 0 Å². The standard InChI is InChI=1S/C13H11NO5/c15-9(6-14-12(16)3-4-13(14)17)8-1-2-10-11(5-8)19-7-18-10/h1-2,5H,3-4,6-7H2. The maximum Gasteiger partial charge on any atom is 0.231 e. The highest BCUT2D eigenvalue weighted by Gasteiger charge is 2.30. The third-order valence-electron chi connectivity index (χ3n) is 3.15. The van der Waals surface area contributed by atoms with Gasteiger partial charge in [-0.2, -0.15) is 0 Å². The maximum absolute atomic E-state index is 12.0. The van der Waals surface area contributed by atoms with E-state index in [2.05, 4.69) is 0 Å². The smallest absolute Gasteiger partial charge is 0.231 e. The van der Waals surface area contributed by atoms with Crippen LogP contribution in [-0.2, 0) is 9.59 Å². The number of rotatable bonds is 3. The first kappa shape index (κ1) is 11.7. The summed E-state index contributed by atoms with van der Waals surface area (Å²) < 4.78 is 10.3. The molecule has 6 heteroatoms. The Morgan fingerprint density at radius 2 is 1.79 bits per heavy atom. The van der Waals surface area contributed by atoms with Gasteiger partial charge < -0.3 is 9.47 Å². The van der Waals surface area contributed by atoms with E-state index in [0.29, 0.717) is 17.1 Å². The Labute approximate surface area is 108 Å². The van der Waals surface area contributed by atoms with E-state index in [1.54, 1.807) is 18.2 Å². The number of fused-ring (bicyclic) bond motifs is 1. The fourth-order valence-electron chi connectivity index (χ4n) is 2.10. The van der Waals surface area contributed by atoms with Crippen molar-refractivity contribution in [2.24, 2.45) is 0 Å². The Morgan fingerprint density at radius 1 is 1.11 bits per heavy atom. The zero-order valence-corrected chi connectivity index (χ0v) is 10.0. The first-order valence-corrected chi connectivity index (χ1v) is 5.91. The van der Waals surface area contributed by atoms with Crippen molar-refractivity contribution in [2.45, 2.75) is 12.8 Å². The van der Waals surface area contributed by atoms with E-state index >= 15 is 0 Å². The Hall–Kier alpha value is -2.37. The quantitative estimate of drug-likeness (QED) is 0.593. The largest absolute Gasteiger partial charge is 0.454 e. The van der Waals surface area contributed by atoms with Crippen LogP contribution in [-0.4, -0.2) is 35.8 Å². The van der Waals surface area contributed by atoms with Crippen molar-refractivity contribution in [1.82, 2.24) is 4.90 Å². The summed E-state index contributed by atoms with van der Waals surface area (Å²) in [7, 11) is 0. The fourth-order valence-corrected chi connectivity index (χ4v) is 2.10. The summed E-state index contributed by atoms with van der Waals surface area (Å²) in [4.78, 5) is 35.9. The van der Waals surface area contributed by atoms with Crippen LogP contribution in [0.25, 0.3) is 0 Å². The monoisotopic (exact) mass is 261 g/mol. The van der Waals surface area contributed by atoms with E-state index in [0.717, 1.165) is 4.90 Å². The molecule has 1 aromatic carbocycles. The summed E-state index contributed by atoms with van der Waals surface area (Å²) in [5.41, 5.74) is 0.400. The molecule has 0 bridgehead atoms. The number of likely N-dealkylation sites (tertiary alicyclic amines) is 1. The van der Waals surface area contributed by atoms with E-state index in [1.807, 2.05) is 0 Å². The van der Waals surface area contributed by atoms with Crippen molar-refractivity contribution in [3.8, 4) is 11.5 Å². The van der Waals surface area contributed by atoms with Crippen molar-refractivity contribution in [3.05, 3.63) is 23.8 Å². The number of amides is 2. The van der Waals surface area contributed by atoms with Crippen LogP contribution in [0, 0.1) is 0 Å². The molecular weight excluding hydrogens is 250 g/mol. The van der Waals surface area contributed by atoms with Gasteiger partial charge in [-0.15, -0.1) is 0 Å². The predicted molar refractivity (Wildman–Crippen MR) is 62.8 cm³/mol. The lowest BCUT2D eigenvalue weighted by Gasteiger charge is -2.12. The van der Waals surface area contributed by atoms with E-state index < -0.39 is 0 Å². The molecule has 2 heterocycles. The first-order chi connectivity index (χ1) is 9.15. The van der Waals surface area contributed by atoms with Gasteiger partial charge in [-0.25, -0.2) is 0 Å². The summed E-state index contributed by atoms with van der Waals surface area (Å²) in [6.45, 7) is -0.0760. The lowest BCUT2D eigenvalue weighted by Crippen LogP contribution is -2.34. The van der Waals surface area contributed by atoms with Crippen molar-refractivity contribution in [3.63, 3.8) is 0 Å². The number of imide groups is 1. The molecular formula is C13H11NO5. The van der Waals surface area contributed by atoms with Gasteiger partial charge in [0.15, 0.2) is 17.3 Å². The van der Waals surface area contributed by atoms with Crippen LogP contribution < -0.4 is 9.47 Å². The summed E-state index contributed by atoms with van der Waals surface area (Å²) in [5, 5.41) is 0. The van der Waals surface area contributed by atoms with E-state index in [-0.39, 0.29) is 43.8 Å². The number of benzene rings is 1. The number of ketones is 1. The minimum Gasteiger partial charge on any atom is -0.454 e. The zero-order chi connectivity index (χ0) is 13.4. The molecule has 0 unspecified atom stereocenters. The molecule has 0 spiro atoms. The SMILES string of the molecule is O=C(CN1C(=O)CCC1=O)c1ccc2c(c1)OCO2. The molecule has 0 N–H and O–H groups in total. The van der Waals surface area contributed by atoms with Crippen LogP contribution in [0.2, 0.25) is 0 Å². The molecule has 6 nitrogen and oxygen atoms in total. The van der Waals surface area contributed by atoms with Gasteiger partial charge in [0, 0.05) is 18.4 Å². The Morgan fingerprint density at radius 3 is 2.53 bits per heavy atom. The van der Waals surface area contributed by atoms with Gasteiger partial charge >= 0.3 is 0 Å². The summed E-state index contributed by atoms with van der Waals surface area (Å²) in [5.74, 6) is 0.217. The molecule has 98 valence electrons. The Kier molecular flexibility index (Phi) is 2.70. The lowest BCUT2D eigenvalue weighted by atomic mass is 10.1. The van der Waals surface area contributed by atoms with Crippen LogP contribution in [0.3, 0.4) is 0 Å². The molecule has 0 radical (unpaired) electrons. The molecule has 19 heavy (non-hydrogen) atoms. The van der Waals surface area contributed by atoms with Crippen LogP contribution in [0.4, 0.5) is 0 Å². The number of carbonyl (C=O) groups is 3. The average Bonchev–Trinajstić information content (AvgIpc) is 2.99. The number of hydrogen-bond acceptors (Lipinski definition) is 5. The molecule has 0 aliphatic carbocycles. The topological polar surface area (TPSA) is 72.9 Å². The predicted octanol–water partition coefficient (Wildman–Crippen LogP) is 0.747. The number of Topliss-reactive ketones (excluding diaryl/α,β-unsaturated/α-hetero) is 1. The Balaban J connectivity index is 1.77. The van der Waals surface area contributed by atoms with Gasteiger partial charge in [-0.05, 0) is 18.2 Å². The molecule has 1 aromatic rings. The number of carbonyl (C=O) groups excluding carboxylic acids is 3. The minimum absolute atomic E-state index is 0.135. The zero-order valence-electron chi connectivity index (χ0n) is 10.0. The summed E-state index contributed by atoms with van der Waals surface area (Å²) in [6.07, 6.45) is 0.376. The van der Waals surface area contributed by atoms with Crippen LogP contribution in [0.5, 0.6) is 11.5 Å². The second-order valence-corrected chi connectivity index (χ2v) is 4.36. The van der Waals surface area contributed by atoms with Crippen molar-refractivity contribution in [2.75, 3.05) is 13.3 Å². The average molecular weight is 261 g/mol. The molecule has 2 amide bonds. The van der Waals surface area contributed by atoms with Crippen molar-refractivity contribution >= 4 is 17.6 Å². The van der Waals surface area contributed by atoms with Gasteiger partial charge in [0.05, 0.1) is 6.54 Å². The molecule has 1 fully saturated rings. The number of ether oxygens (including phenoxy) is 2. The highest BCUT2D eigenvalue weighted by Crippen LogP contribution is 2.32. The fraction of sp³-hybridized carbons (Fsp3) is 0.308. The number of hydrogen-bond donors (Lipinski definition) is 0. The maximum atomic E-state index is 12.0. The molecule has 3 rings (SSSR count). The normalized spacial score (nSPS) is 17.2. The van der Waals surface area contributed by atoms with Gasteiger partial charge in [0.2, 0.25) is 18.6 Å². The second-order valence-electron chi connectivity index (χ2n) is 4.36. The minimum atomic E-state index is -0.293. The molecule has 0 saturated carbocycles. The summed E-state index contributed by atoms with van der Waals surface area (Å²) >= 11 is 0. The second kappa shape index (κ2) is 4.38. The highest BCUT2D eigenvalue weighted by molar-refractivity contribution is 6.08. The van der Waals surface area contributed by atoms with Gasteiger partial charge in [-0.1, -0.05) is 0 Å². The molecule has 1 saturated heterocycles. The molecule has 0 atom stereocenters. The van der Waals surface area contributed by atoms with Crippen molar-refractivity contribution < 1.29 is 23.9 Å². The van der Waals surface area contributed by atoms with Gasteiger partial charge in [-0.3, -0.25) is 19.3 Å². The third kappa shape index (κ3) is 2.05. The highest BCUT2D eigenvalue weighted by atomic mass is 16.7. The lowest BCUT2D eigenvalue weighted by molar-refractivity contribution is -0.137. The van der Waals surface area contributed by atoms with E-state index in [1.165, 1.54) is 0 Å². The summed E-state index contributed by atoms with van der Waals surface area (Å²) in [6, 6.07) is 4.81. The van der Waals surface area contributed by atoms with Crippen LogP contribution in [0.15, 0.2) is 18.2 Å². The Bertz CT molecular complexity index is 564. The third-order valence-corrected chi connectivity index (χ3v) is 3.15. The number of nitrogens with zero attached hydrogens (tertiary/aromatic N) is 1. The van der Waals surface area contributed by atoms with E-state index in [4.69, 9.17) is 9.47 Å². The van der Waals surface area contributed by atoms with Crippen LogP contribution >= 0.6 is 0 Å². The van der Waals surface area contributed by atoms with Crippen LogP contribution in [0.1, 0.15) is 23.2 Å². The van der Waals surface area contributed by atoms with E-state index in [9.17, 15) is 14.4 Å². The first-order valence-electron chi connectivity index (χ1n) is 5.91. The molecule has 2 aliphatic heterocycles. The van der Waals surface area contributed by atoms with Gasteiger partial charge in [0.1, 0.15) is 0 Å². The van der Waals surface area contributed by atoms with Gasteiger partial charge in [0.25, 0.3) is 0 Å².